The summed E-state index contributed by atoms with van der Waals surface area (Å²) in [5.41, 5.74) is 2.80. The molecule has 0 radical (unpaired) electrons. The summed E-state index contributed by atoms with van der Waals surface area (Å²) in [4.78, 5) is 19.9. The number of benzene rings is 1. The maximum atomic E-state index is 12.7. The van der Waals surface area contributed by atoms with E-state index in [-0.39, 0.29) is 5.91 Å². The van der Waals surface area contributed by atoms with E-state index in [0.29, 0.717) is 36.3 Å². The highest BCUT2D eigenvalue weighted by Gasteiger charge is 2.29. The number of rotatable bonds is 4. The summed E-state index contributed by atoms with van der Waals surface area (Å²) in [5, 5.41) is 8.39. The number of hydrogen-bond donors (Lipinski definition) is 0. The molecule has 1 aliphatic heterocycles. The lowest BCUT2D eigenvalue weighted by Crippen LogP contribution is -2.37. The van der Waals surface area contributed by atoms with Crippen LogP contribution in [-0.2, 0) is 24.8 Å². The molecule has 0 saturated heterocycles. The molecule has 0 aliphatic carbocycles. The Hall–Kier alpha value is -2.61. The highest BCUT2D eigenvalue weighted by molar-refractivity contribution is 8.00. The summed E-state index contributed by atoms with van der Waals surface area (Å²) in [6.45, 7) is 3.00. The molecule has 3 heterocycles. The van der Waals surface area contributed by atoms with Crippen LogP contribution in [0.15, 0.2) is 39.8 Å². The van der Waals surface area contributed by atoms with Crippen LogP contribution in [0.4, 0.5) is 0 Å². The van der Waals surface area contributed by atoms with Crippen molar-refractivity contribution in [3.8, 4) is 11.6 Å². The number of carbonyl (C=O) groups is 1. The van der Waals surface area contributed by atoms with Crippen molar-refractivity contribution < 1.29 is 9.32 Å². The van der Waals surface area contributed by atoms with Crippen LogP contribution in [0.2, 0.25) is 0 Å². The molecule has 7 nitrogen and oxygen atoms in total. The fraction of sp³-hybridized carbons (Fsp3) is 0.333. The van der Waals surface area contributed by atoms with Crippen molar-refractivity contribution >= 4 is 17.7 Å². The quantitative estimate of drug-likeness (QED) is 0.658. The third-order valence-electron chi connectivity index (χ3n) is 4.43. The zero-order valence-electron chi connectivity index (χ0n) is 14.7. The largest absolute Gasteiger partial charge is 0.337 e. The van der Waals surface area contributed by atoms with Gasteiger partial charge in [0.1, 0.15) is 0 Å². The number of nitrogens with zero attached hydrogens (tertiary/aromatic N) is 5. The van der Waals surface area contributed by atoms with E-state index in [9.17, 15) is 4.79 Å². The minimum atomic E-state index is 0.126. The Bertz CT molecular complexity index is 934. The van der Waals surface area contributed by atoms with Crippen molar-refractivity contribution in [3.05, 3.63) is 47.4 Å². The Morgan fingerprint density at radius 2 is 2.12 bits per heavy atom. The molecule has 1 aromatic carbocycles. The number of thioether (sulfide) groups is 1. The molecule has 8 heteroatoms. The average molecular weight is 369 g/mol. The van der Waals surface area contributed by atoms with Gasteiger partial charge in [0.15, 0.2) is 11.5 Å². The standard InChI is InChI=1S/C18H19N5O2S/c1-12-19-18(25-21-12)17-14-10-23(9-8-15(14)22(2)20-17)16(24)11-26-13-6-4-3-5-7-13/h3-7H,8-11H2,1-2H3. The predicted octanol–water partition coefficient (Wildman–Crippen LogP) is 2.46. The zero-order valence-corrected chi connectivity index (χ0v) is 15.5. The summed E-state index contributed by atoms with van der Waals surface area (Å²) in [7, 11) is 1.91. The molecule has 0 atom stereocenters. The first-order valence-electron chi connectivity index (χ1n) is 8.43. The number of carbonyl (C=O) groups excluding carboxylic acids is 1. The zero-order chi connectivity index (χ0) is 18.1. The van der Waals surface area contributed by atoms with E-state index in [4.69, 9.17) is 4.52 Å². The van der Waals surface area contributed by atoms with Gasteiger partial charge in [0, 0.05) is 42.7 Å². The van der Waals surface area contributed by atoms with Crippen LogP contribution in [0.25, 0.3) is 11.6 Å². The molecule has 1 aliphatic rings. The van der Waals surface area contributed by atoms with E-state index < -0.39 is 0 Å². The van der Waals surface area contributed by atoms with E-state index in [1.807, 2.05) is 47.0 Å². The minimum absolute atomic E-state index is 0.126. The van der Waals surface area contributed by atoms with Gasteiger partial charge in [-0.25, -0.2) is 0 Å². The van der Waals surface area contributed by atoms with Gasteiger partial charge >= 0.3 is 0 Å². The van der Waals surface area contributed by atoms with Crippen molar-refractivity contribution in [1.82, 2.24) is 24.8 Å². The summed E-state index contributed by atoms with van der Waals surface area (Å²) < 4.78 is 7.14. The molecular weight excluding hydrogens is 350 g/mol. The van der Waals surface area contributed by atoms with Crippen molar-refractivity contribution in [3.63, 3.8) is 0 Å². The smallest absolute Gasteiger partial charge is 0.278 e. The van der Waals surface area contributed by atoms with E-state index in [2.05, 4.69) is 15.2 Å². The Morgan fingerprint density at radius 1 is 1.31 bits per heavy atom. The van der Waals surface area contributed by atoms with E-state index in [1.165, 1.54) is 0 Å². The number of aryl methyl sites for hydroxylation is 2. The number of hydrogen-bond acceptors (Lipinski definition) is 6. The van der Waals surface area contributed by atoms with E-state index in [0.717, 1.165) is 22.6 Å². The van der Waals surface area contributed by atoms with Crippen LogP contribution in [0.3, 0.4) is 0 Å². The maximum absolute atomic E-state index is 12.7. The van der Waals surface area contributed by atoms with Crippen LogP contribution in [0, 0.1) is 6.92 Å². The molecule has 0 saturated carbocycles. The number of aromatic nitrogens is 4. The fourth-order valence-corrected chi connectivity index (χ4v) is 3.95. The molecule has 0 N–H and O–H groups in total. The van der Waals surface area contributed by atoms with Gasteiger partial charge in [-0.05, 0) is 19.1 Å². The molecule has 0 fully saturated rings. The van der Waals surface area contributed by atoms with E-state index >= 15 is 0 Å². The van der Waals surface area contributed by atoms with E-state index in [1.54, 1.807) is 18.7 Å². The molecule has 0 unspecified atom stereocenters. The van der Waals surface area contributed by atoms with Gasteiger partial charge in [-0.15, -0.1) is 11.8 Å². The lowest BCUT2D eigenvalue weighted by molar-refractivity contribution is -0.129. The predicted molar refractivity (Wildman–Crippen MR) is 97.5 cm³/mol. The van der Waals surface area contributed by atoms with Gasteiger partial charge in [0.2, 0.25) is 5.91 Å². The molecule has 0 spiro atoms. The summed E-state index contributed by atoms with van der Waals surface area (Å²) in [6, 6.07) is 9.97. The maximum Gasteiger partial charge on any atom is 0.278 e. The topological polar surface area (TPSA) is 77.0 Å². The molecule has 4 rings (SSSR count). The molecule has 26 heavy (non-hydrogen) atoms. The van der Waals surface area contributed by atoms with Crippen LogP contribution < -0.4 is 0 Å². The molecular formula is C18H19N5O2S. The lowest BCUT2D eigenvalue weighted by atomic mass is 10.0. The first-order chi connectivity index (χ1) is 12.6. The fourth-order valence-electron chi connectivity index (χ4n) is 3.12. The third-order valence-corrected chi connectivity index (χ3v) is 5.43. The van der Waals surface area contributed by atoms with Gasteiger partial charge in [-0.1, -0.05) is 23.4 Å². The van der Waals surface area contributed by atoms with Crippen LogP contribution in [-0.4, -0.2) is 43.0 Å². The van der Waals surface area contributed by atoms with Crippen molar-refractivity contribution in [2.75, 3.05) is 12.3 Å². The third kappa shape index (κ3) is 3.24. The van der Waals surface area contributed by atoms with Gasteiger partial charge < -0.3 is 9.42 Å². The second kappa shape index (κ2) is 6.95. The van der Waals surface area contributed by atoms with Crippen LogP contribution >= 0.6 is 11.8 Å². The Balaban J connectivity index is 1.51. The molecule has 2 aromatic heterocycles. The first kappa shape index (κ1) is 16.8. The minimum Gasteiger partial charge on any atom is -0.337 e. The van der Waals surface area contributed by atoms with Crippen LogP contribution in [0.1, 0.15) is 17.1 Å². The molecule has 1 amide bonds. The summed E-state index contributed by atoms with van der Waals surface area (Å²) in [6.07, 6.45) is 0.772. The summed E-state index contributed by atoms with van der Waals surface area (Å²) in [5.74, 6) is 1.53. The van der Waals surface area contributed by atoms with Gasteiger partial charge in [-0.3, -0.25) is 9.48 Å². The normalized spacial score (nSPS) is 13.7. The van der Waals surface area contributed by atoms with Crippen LogP contribution in [0.5, 0.6) is 0 Å². The van der Waals surface area contributed by atoms with Crippen molar-refractivity contribution in [1.29, 1.82) is 0 Å². The highest BCUT2D eigenvalue weighted by atomic mass is 32.2. The Labute approximate surface area is 155 Å². The molecule has 3 aromatic rings. The van der Waals surface area contributed by atoms with Gasteiger partial charge in [0.05, 0.1) is 5.75 Å². The van der Waals surface area contributed by atoms with Gasteiger partial charge in [0.25, 0.3) is 5.89 Å². The number of fused-ring (bicyclic) bond motifs is 1. The Kier molecular flexibility index (Phi) is 4.50. The second-order valence-corrected chi connectivity index (χ2v) is 7.26. The highest BCUT2D eigenvalue weighted by Crippen LogP contribution is 2.29. The second-order valence-electron chi connectivity index (χ2n) is 6.21. The monoisotopic (exact) mass is 369 g/mol. The molecule has 134 valence electrons. The summed E-state index contributed by atoms with van der Waals surface area (Å²) >= 11 is 1.56. The first-order valence-corrected chi connectivity index (χ1v) is 9.41. The molecule has 0 bridgehead atoms. The van der Waals surface area contributed by atoms with Crippen molar-refractivity contribution in [2.45, 2.75) is 24.8 Å². The number of amides is 1. The lowest BCUT2D eigenvalue weighted by Gasteiger charge is -2.27. The average Bonchev–Trinajstić information content (AvgIpc) is 3.23. The Morgan fingerprint density at radius 3 is 2.85 bits per heavy atom. The van der Waals surface area contributed by atoms with Crippen molar-refractivity contribution in [2.24, 2.45) is 7.05 Å². The SMILES string of the molecule is Cc1noc(-c2nn(C)c3c2CN(C(=O)CSc2ccccc2)CC3)n1. The van der Waals surface area contributed by atoms with Gasteiger partial charge in [-0.2, -0.15) is 10.1 Å².